The first-order chi connectivity index (χ1) is 8.60. The van der Waals surface area contributed by atoms with Crippen molar-refractivity contribution in [2.45, 2.75) is 19.8 Å². The Kier molecular flexibility index (Phi) is 3.54. The Hall–Kier alpha value is -1.99. The normalized spacial score (nSPS) is 10.3. The number of nitrogens with zero attached hydrogens (tertiary/aromatic N) is 2. The summed E-state index contributed by atoms with van der Waals surface area (Å²) < 4.78 is 0.565. The lowest BCUT2D eigenvalue weighted by molar-refractivity contribution is 0.773. The fraction of sp³-hybridized carbons (Fsp3) is 0.214. The third kappa shape index (κ3) is 2.63. The van der Waals surface area contributed by atoms with Gasteiger partial charge in [0.15, 0.2) is 0 Å². The summed E-state index contributed by atoms with van der Waals surface area (Å²) in [6.45, 7) is 4.12. The molecule has 2 rings (SSSR count). The maximum Gasteiger partial charge on any atom is 0.130 e. The summed E-state index contributed by atoms with van der Waals surface area (Å²) in [4.78, 5) is 7.56. The van der Waals surface area contributed by atoms with Gasteiger partial charge in [-0.3, -0.25) is 0 Å². The van der Waals surface area contributed by atoms with Crippen LogP contribution in [0.3, 0.4) is 0 Å². The van der Waals surface area contributed by atoms with Gasteiger partial charge in [-0.25, -0.2) is 4.98 Å². The van der Waals surface area contributed by atoms with E-state index in [0.29, 0.717) is 10.2 Å². The Morgan fingerprint density at radius 3 is 2.78 bits per heavy atom. The van der Waals surface area contributed by atoms with E-state index < -0.39 is 0 Å². The standard InChI is InChI=1S/C14H13N3S/c1-9(2)14-16-12(7-13(18)17-14)11-5-3-4-10(6-11)8-15/h3-7,9H,1-2H3,(H,16,17,18). The number of H-pyrrole nitrogens is 1. The molecule has 2 aromatic rings. The molecule has 0 fully saturated rings. The van der Waals surface area contributed by atoms with Gasteiger partial charge in [0.25, 0.3) is 0 Å². The maximum absolute atomic E-state index is 8.91. The van der Waals surface area contributed by atoms with Crippen molar-refractivity contribution < 1.29 is 0 Å². The van der Waals surface area contributed by atoms with Crippen LogP contribution < -0.4 is 0 Å². The van der Waals surface area contributed by atoms with Crippen LogP contribution in [0, 0.1) is 16.0 Å². The average molecular weight is 255 g/mol. The lowest BCUT2D eigenvalue weighted by atomic mass is 10.1. The quantitative estimate of drug-likeness (QED) is 0.830. The van der Waals surface area contributed by atoms with Crippen LogP contribution in [0.25, 0.3) is 11.3 Å². The first-order valence-electron chi connectivity index (χ1n) is 5.72. The molecule has 1 aromatic heterocycles. The van der Waals surface area contributed by atoms with Crippen molar-refractivity contribution in [3.8, 4) is 17.3 Å². The Bertz CT molecular complexity index is 665. The monoisotopic (exact) mass is 255 g/mol. The molecule has 0 aliphatic carbocycles. The van der Waals surface area contributed by atoms with Crippen molar-refractivity contribution in [3.63, 3.8) is 0 Å². The Balaban J connectivity index is 2.57. The summed E-state index contributed by atoms with van der Waals surface area (Å²) in [5.74, 6) is 1.14. The molecule has 0 unspecified atom stereocenters. The SMILES string of the molecule is CC(C)c1nc(=S)cc(-c2cccc(C#N)c2)[nH]1. The number of nitrogens with one attached hydrogen (secondary N) is 1. The van der Waals surface area contributed by atoms with Crippen molar-refractivity contribution in [1.82, 2.24) is 9.97 Å². The molecule has 0 atom stereocenters. The third-order valence-electron chi connectivity index (χ3n) is 2.61. The minimum absolute atomic E-state index is 0.283. The molecule has 3 nitrogen and oxygen atoms in total. The first kappa shape index (κ1) is 12.5. The van der Waals surface area contributed by atoms with E-state index in [4.69, 9.17) is 17.5 Å². The number of hydrogen-bond acceptors (Lipinski definition) is 3. The predicted octanol–water partition coefficient (Wildman–Crippen LogP) is 3.80. The smallest absolute Gasteiger partial charge is 0.130 e. The minimum atomic E-state index is 0.283. The van der Waals surface area contributed by atoms with Crippen molar-refractivity contribution in [1.29, 1.82) is 5.26 Å². The largest absolute Gasteiger partial charge is 0.343 e. The van der Waals surface area contributed by atoms with Crippen LogP contribution in [0.4, 0.5) is 0 Å². The Morgan fingerprint density at radius 1 is 1.33 bits per heavy atom. The second-order valence-electron chi connectivity index (χ2n) is 4.37. The van der Waals surface area contributed by atoms with Gasteiger partial charge in [0, 0.05) is 11.6 Å². The predicted molar refractivity (Wildman–Crippen MR) is 73.7 cm³/mol. The van der Waals surface area contributed by atoms with Crippen LogP contribution in [0.2, 0.25) is 0 Å². The summed E-state index contributed by atoms with van der Waals surface area (Å²) >= 11 is 5.17. The van der Waals surface area contributed by atoms with Gasteiger partial charge < -0.3 is 4.98 Å². The number of nitriles is 1. The van der Waals surface area contributed by atoms with Crippen molar-refractivity contribution in [2.24, 2.45) is 0 Å². The molecule has 90 valence electrons. The van der Waals surface area contributed by atoms with Gasteiger partial charge in [0.2, 0.25) is 0 Å². The van der Waals surface area contributed by atoms with Gasteiger partial charge in [0.1, 0.15) is 10.5 Å². The minimum Gasteiger partial charge on any atom is -0.343 e. The molecule has 18 heavy (non-hydrogen) atoms. The van der Waals surface area contributed by atoms with E-state index in [2.05, 4.69) is 29.9 Å². The molecule has 0 aliphatic rings. The molecule has 0 radical (unpaired) electrons. The topological polar surface area (TPSA) is 52.5 Å². The zero-order valence-electron chi connectivity index (χ0n) is 10.3. The Labute approximate surface area is 111 Å². The molecule has 4 heteroatoms. The molecular formula is C14H13N3S. The van der Waals surface area contributed by atoms with Crippen LogP contribution in [0.15, 0.2) is 30.3 Å². The van der Waals surface area contributed by atoms with Crippen LogP contribution in [-0.4, -0.2) is 9.97 Å². The van der Waals surface area contributed by atoms with Gasteiger partial charge in [-0.15, -0.1) is 0 Å². The highest BCUT2D eigenvalue weighted by atomic mass is 32.1. The maximum atomic E-state index is 8.91. The van der Waals surface area contributed by atoms with Crippen LogP contribution in [0.1, 0.15) is 31.2 Å². The highest BCUT2D eigenvalue weighted by molar-refractivity contribution is 7.71. The van der Waals surface area contributed by atoms with Crippen molar-refractivity contribution in [2.75, 3.05) is 0 Å². The van der Waals surface area contributed by atoms with E-state index >= 15 is 0 Å². The van der Waals surface area contributed by atoms with Crippen molar-refractivity contribution in [3.05, 3.63) is 46.4 Å². The van der Waals surface area contributed by atoms with Gasteiger partial charge in [-0.05, 0) is 23.8 Å². The van der Waals surface area contributed by atoms with E-state index in [0.717, 1.165) is 17.1 Å². The number of aromatic amines is 1. The summed E-state index contributed by atoms with van der Waals surface area (Å²) in [6.07, 6.45) is 0. The number of rotatable bonds is 2. The zero-order chi connectivity index (χ0) is 13.1. The van der Waals surface area contributed by atoms with Crippen molar-refractivity contribution >= 4 is 12.2 Å². The van der Waals surface area contributed by atoms with E-state index in [1.807, 2.05) is 24.3 Å². The fourth-order valence-corrected chi connectivity index (χ4v) is 1.88. The van der Waals surface area contributed by atoms with Gasteiger partial charge in [-0.1, -0.05) is 38.2 Å². The number of aromatic nitrogens is 2. The van der Waals surface area contributed by atoms with E-state index in [1.54, 1.807) is 6.07 Å². The first-order valence-corrected chi connectivity index (χ1v) is 6.13. The summed E-state index contributed by atoms with van der Waals surface area (Å²) in [7, 11) is 0. The molecule has 0 bridgehead atoms. The van der Waals surface area contributed by atoms with Crippen LogP contribution >= 0.6 is 12.2 Å². The molecule has 0 spiro atoms. The van der Waals surface area contributed by atoms with E-state index in [1.165, 1.54) is 0 Å². The van der Waals surface area contributed by atoms with Gasteiger partial charge >= 0.3 is 0 Å². The van der Waals surface area contributed by atoms with Gasteiger partial charge in [0.05, 0.1) is 11.6 Å². The lowest BCUT2D eigenvalue weighted by Gasteiger charge is -2.08. The molecule has 0 aliphatic heterocycles. The molecule has 1 N–H and O–H groups in total. The lowest BCUT2D eigenvalue weighted by Crippen LogP contribution is -1.99. The Morgan fingerprint density at radius 2 is 2.11 bits per heavy atom. The summed E-state index contributed by atoms with van der Waals surface area (Å²) in [5, 5.41) is 8.91. The highest BCUT2D eigenvalue weighted by Gasteiger charge is 2.05. The average Bonchev–Trinajstić information content (AvgIpc) is 2.38. The van der Waals surface area contributed by atoms with Crippen LogP contribution in [-0.2, 0) is 0 Å². The molecule has 0 saturated carbocycles. The van der Waals surface area contributed by atoms with E-state index in [9.17, 15) is 0 Å². The van der Waals surface area contributed by atoms with E-state index in [-0.39, 0.29) is 5.92 Å². The molecule has 1 heterocycles. The zero-order valence-corrected chi connectivity index (χ0v) is 11.1. The third-order valence-corrected chi connectivity index (χ3v) is 2.82. The number of benzene rings is 1. The second-order valence-corrected chi connectivity index (χ2v) is 4.78. The number of hydrogen-bond donors (Lipinski definition) is 1. The fourth-order valence-electron chi connectivity index (χ4n) is 1.66. The molecule has 1 aromatic carbocycles. The van der Waals surface area contributed by atoms with Gasteiger partial charge in [-0.2, -0.15) is 5.26 Å². The second kappa shape index (κ2) is 5.11. The summed E-state index contributed by atoms with van der Waals surface area (Å²) in [6, 6.07) is 11.4. The molecular weight excluding hydrogens is 242 g/mol. The summed E-state index contributed by atoms with van der Waals surface area (Å²) in [5.41, 5.74) is 2.48. The highest BCUT2D eigenvalue weighted by Crippen LogP contribution is 2.20. The molecule has 0 saturated heterocycles. The molecule has 0 amide bonds. The van der Waals surface area contributed by atoms with Crippen LogP contribution in [0.5, 0.6) is 0 Å².